The summed E-state index contributed by atoms with van der Waals surface area (Å²) in [5, 5.41) is 0. The Morgan fingerprint density at radius 2 is 1.51 bits per heavy atom. The lowest BCUT2D eigenvalue weighted by atomic mass is 9.47. The van der Waals surface area contributed by atoms with E-state index < -0.39 is 15.6 Å². The smallest absolute Gasteiger partial charge is 0.290 e. The van der Waals surface area contributed by atoms with Crippen LogP contribution in [0.5, 0.6) is 0 Å². The molecular formula is C31H56O8P2. The van der Waals surface area contributed by atoms with Crippen LogP contribution < -0.4 is 0 Å². The van der Waals surface area contributed by atoms with Crippen molar-refractivity contribution in [2.24, 2.45) is 46.3 Å². The highest BCUT2D eigenvalue weighted by Crippen LogP contribution is 2.68. The fraction of sp³-hybridized carbons (Fsp3) is 0.935. The highest BCUT2D eigenvalue weighted by atomic mass is 31.2. The Labute approximate surface area is 249 Å². The molecule has 10 heteroatoms. The van der Waals surface area contributed by atoms with Gasteiger partial charge < -0.3 is 0 Å². The summed E-state index contributed by atoms with van der Waals surface area (Å²) in [6, 6.07) is 0. The van der Waals surface area contributed by atoms with Crippen molar-refractivity contribution in [1.82, 2.24) is 0 Å². The first kappa shape index (κ1) is 33.8. The normalized spacial score (nSPS) is 37.2. The molecule has 0 aromatic carbocycles. The molecule has 3 fully saturated rings. The molecule has 0 N–H and O–H groups in total. The second-order valence-electron chi connectivity index (χ2n) is 14.0. The lowest BCUT2D eigenvalue weighted by molar-refractivity contribution is -0.0580. The van der Waals surface area contributed by atoms with Gasteiger partial charge in [0.15, 0.2) is 0 Å². The molecule has 4 rings (SSSR count). The fourth-order valence-corrected chi connectivity index (χ4v) is 11.4. The molecule has 0 spiro atoms. The standard InChI is InChI=1S/C31H56O8P2/c1-21(2)29(39-41(33,36-8)37-9)15-10-22(3)26-13-14-27-25-12-11-23-20-24(38-40(32,34-6)35-7)16-18-30(23,4)28(25)17-19-31(26,27)5/h11,21-22,24-29H,10,12-20H2,1-9H3/t22-,24+,25+,26-,27+,28+,29?,30+,31-/m1/s1. The SMILES string of the molecule is COP(=O)(OC)OC(CC[C@@H](C)[C@H]1CC[C@H]2[C@@H]3CC=C4C[C@@H](OP(=O)(OC)OC)CC[C@]4(C)[C@H]3CC[C@]12C)C(C)C. The third-order valence-electron chi connectivity index (χ3n) is 11.9. The molecule has 9 atom stereocenters. The van der Waals surface area contributed by atoms with Crippen LogP contribution in [-0.2, 0) is 36.3 Å². The Kier molecular flexibility index (Phi) is 10.8. The number of hydrogen-bond donors (Lipinski definition) is 0. The van der Waals surface area contributed by atoms with Gasteiger partial charge in [-0.3, -0.25) is 27.1 Å². The Morgan fingerprint density at radius 3 is 2.12 bits per heavy atom. The number of fused-ring (bicyclic) bond motifs is 5. The van der Waals surface area contributed by atoms with E-state index in [0.717, 1.165) is 50.4 Å². The van der Waals surface area contributed by atoms with Crippen molar-refractivity contribution < 1.29 is 36.3 Å². The number of allylic oxidation sites excluding steroid dienone is 1. The van der Waals surface area contributed by atoms with Crippen molar-refractivity contribution >= 4 is 15.6 Å². The van der Waals surface area contributed by atoms with Crippen LogP contribution in [-0.4, -0.2) is 40.6 Å². The summed E-state index contributed by atoms with van der Waals surface area (Å²) >= 11 is 0. The number of phosphoric ester groups is 2. The van der Waals surface area contributed by atoms with Gasteiger partial charge in [-0.15, -0.1) is 0 Å². The molecule has 0 heterocycles. The van der Waals surface area contributed by atoms with Gasteiger partial charge >= 0.3 is 15.6 Å². The predicted octanol–water partition coefficient (Wildman–Crippen LogP) is 9.21. The average molecular weight is 619 g/mol. The first-order valence-corrected chi connectivity index (χ1v) is 18.7. The Morgan fingerprint density at radius 1 is 0.854 bits per heavy atom. The maximum Gasteiger partial charge on any atom is 0.474 e. The minimum atomic E-state index is -3.51. The van der Waals surface area contributed by atoms with Crippen molar-refractivity contribution in [3.8, 4) is 0 Å². The van der Waals surface area contributed by atoms with Gasteiger partial charge in [0.05, 0.1) is 12.2 Å². The van der Waals surface area contributed by atoms with Crippen LogP contribution in [0.25, 0.3) is 0 Å². The minimum absolute atomic E-state index is 0.123. The third kappa shape index (κ3) is 6.66. The average Bonchev–Trinajstić information content (AvgIpc) is 3.32. The van der Waals surface area contributed by atoms with E-state index in [0.29, 0.717) is 23.2 Å². The molecular weight excluding hydrogens is 562 g/mol. The van der Waals surface area contributed by atoms with Gasteiger partial charge in [0.25, 0.3) is 0 Å². The maximum atomic E-state index is 12.7. The second kappa shape index (κ2) is 13.1. The van der Waals surface area contributed by atoms with E-state index in [1.807, 2.05) is 0 Å². The monoisotopic (exact) mass is 618 g/mol. The molecule has 0 amide bonds. The van der Waals surface area contributed by atoms with E-state index in [-0.39, 0.29) is 23.5 Å². The van der Waals surface area contributed by atoms with Gasteiger partial charge in [-0.25, -0.2) is 9.13 Å². The lowest BCUT2D eigenvalue weighted by Gasteiger charge is -2.58. The Hall–Kier alpha value is -0.0400. The molecule has 8 nitrogen and oxygen atoms in total. The number of hydrogen-bond acceptors (Lipinski definition) is 8. The summed E-state index contributed by atoms with van der Waals surface area (Å²) in [5.74, 6) is 3.66. The zero-order valence-electron chi connectivity index (χ0n) is 26.9. The van der Waals surface area contributed by atoms with E-state index >= 15 is 0 Å². The van der Waals surface area contributed by atoms with E-state index in [4.69, 9.17) is 27.1 Å². The molecule has 3 saturated carbocycles. The van der Waals surface area contributed by atoms with Gasteiger partial charge in [-0.1, -0.05) is 46.3 Å². The summed E-state index contributed by atoms with van der Waals surface area (Å²) < 4.78 is 57.3. The van der Waals surface area contributed by atoms with E-state index in [1.54, 1.807) is 0 Å². The molecule has 0 aromatic heterocycles. The molecule has 0 aliphatic heterocycles. The van der Waals surface area contributed by atoms with Crippen LogP contribution in [0.4, 0.5) is 0 Å². The summed E-state index contributed by atoms with van der Waals surface area (Å²) in [4.78, 5) is 0. The molecule has 4 aliphatic rings. The maximum absolute atomic E-state index is 12.7. The summed E-state index contributed by atoms with van der Waals surface area (Å²) in [6.07, 6.45) is 13.2. The molecule has 1 unspecified atom stereocenters. The van der Waals surface area contributed by atoms with Crippen molar-refractivity contribution in [2.45, 2.75) is 111 Å². The summed E-state index contributed by atoms with van der Waals surface area (Å²) in [5.41, 5.74) is 2.04. The van der Waals surface area contributed by atoms with Crippen molar-refractivity contribution in [2.75, 3.05) is 28.4 Å². The van der Waals surface area contributed by atoms with Crippen LogP contribution in [0.2, 0.25) is 0 Å². The molecule has 0 saturated heterocycles. The predicted molar refractivity (Wildman–Crippen MR) is 161 cm³/mol. The highest BCUT2D eigenvalue weighted by Gasteiger charge is 2.59. The van der Waals surface area contributed by atoms with Gasteiger partial charge in [0.1, 0.15) is 0 Å². The molecule has 0 aromatic rings. The first-order valence-electron chi connectivity index (χ1n) is 15.8. The van der Waals surface area contributed by atoms with Crippen LogP contribution in [0.15, 0.2) is 11.6 Å². The Balaban J connectivity index is 1.42. The lowest BCUT2D eigenvalue weighted by Crippen LogP contribution is -2.51. The molecule has 41 heavy (non-hydrogen) atoms. The first-order chi connectivity index (χ1) is 19.3. The molecule has 238 valence electrons. The Bertz CT molecular complexity index is 1020. The number of rotatable bonds is 13. The van der Waals surface area contributed by atoms with Gasteiger partial charge in [0, 0.05) is 28.4 Å². The van der Waals surface area contributed by atoms with Crippen LogP contribution >= 0.6 is 15.6 Å². The molecule has 0 radical (unpaired) electrons. The topological polar surface area (TPSA) is 89.5 Å². The van der Waals surface area contributed by atoms with Gasteiger partial charge in [0.2, 0.25) is 0 Å². The second-order valence-corrected chi connectivity index (χ2v) is 17.7. The van der Waals surface area contributed by atoms with Crippen LogP contribution in [0, 0.1) is 46.3 Å². The fourth-order valence-electron chi connectivity index (χ4n) is 9.50. The van der Waals surface area contributed by atoms with Crippen LogP contribution in [0.1, 0.15) is 98.8 Å². The summed E-state index contributed by atoms with van der Waals surface area (Å²) in [7, 11) is -1.46. The molecule has 0 bridgehead atoms. The van der Waals surface area contributed by atoms with Crippen molar-refractivity contribution in [3.05, 3.63) is 11.6 Å². The van der Waals surface area contributed by atoms with E-state index in [2.05, 4.69) is 40.7 Å². The van der Waals surface area contributed by atoms with Crippen LogP contribution in [0.3, 0.4) is 0 Å². The van der Waals surface area contributed by atoms with Gasteiger partial charge in [-0.05, 0) is 111 Å². The summed E-state index contributed by atoms with van der Waals surface area (Å²) in [6.45, 7) is 11.7. The largest absolute Gasteiger partial charge is 0.474 e. The van der Waals surface area contributed by atoms with E-state index in [9.17, 15) is 9.13 Å². The number of phosphoric acid groups is 2. The van der Waals surface area contributed by atoms with Gasteiger partial charge in [-0.2, -0.15) is 0 Å². The zero-order valence-corrected chi connectivity index (χ0v) is 28.7. The van der Waals surface area contributed by atoms with E-state index in [1.165, 1.54) is 59.7 Å². The third-order valence-corrected chi connectivity index (χ3v) is 14.8. The van der Waals surface area contributed by atoms with Crippen molar-refractivity contribution in [1.29, 1.82) is 0 Å². The van der Waals surface area contributed by atoms with Crippen molar-refractivity contribution in [3.63, 3.8) is 0 Å². The minimum Gasteiger partial charge on any atom is -0.290 e. The highest BCUT2D eigenvalue weighted by molar-refractivity contribution is 7.48. The zero-order chi connectivity index (χ0) is 30.2. The quantitative estimate of drug-likeness (QED) is 0.149. The molecule has 4 aliphatic carbocycles.